The lowest BCUT2D eigenvalue weighted by Crippen LogP contribution is -2.50. The van der Waals surface area contributed by atoms with Gasteiger partial charge in [-0.2, -0.15) is 13.2 Å². The zero-order valence-corrected chi connectivity index (χ0v) is 21.7. The third kappa shape index (κ3) is 4.31. The molecule has 1 N–H and O–H groups in total. The molecule has 0 spiro atoms. The summed E-state index contributed by atoms with van der Waals surface area (Å²) in [5.74, 6) is -0.353. The summed E-state index contributed by atoms with van der Waals surface area (Å²) < 4.78 is 65.2. The number of hydrogen-bond acceptors (Lipinski definition) is 5. The summed E-state index contributed by atoms with van der Waals surface area (Å²) in [6.07, 6.45) is -1.69. The van der Waals surface area contributed by atoms with E-state index in [9.17, 15) is 18.0 Å². The summed E-state index contributed by atoms with van der Waals surface area (Å²) in [7, 11) is 1.65. The van der Waals surface area contributed by atoms with E-state index in [1.165, 1.54) is 15.8 Å². The van der Waals surface area contributed by atoms with Gasteiger partial charge in [0.15, 0.2) is 12.0 Å². The Morgan fingerprint density at radius 1 is 1.18 bits per heavy atom. The predicted molar refractivity (Wildman–Crippen MR) is 135 cm³/mol. The molecule has 7 nitrogen and oxygen atoms in total. The molecule has 3 aliphatic rings. The van der Waals surface area contributed by atoms with Crippen molar-refractivity contribution in [2.75, 3.05) is 18.1 Å². The molecule has 2 aromatic carbocycles. The van der Waals surface area contributed by atoms with Gasteiger partial charge in [-0.3, -0.25) is 4.79 Å². The van der Waals surface area contributed by atoms with Gasteiger partial charge in [0.1, 0.15) is 6.33 Å². The average molecular weight is 544 g/mol. The second-order valence-corrected chi connectivity index (χ2v) is 11.2. The molecule has 206 valence electrons. The third-order valence-electron chi connectivity index (χ3n) is 8.49. The van der Waals surface area contributed by atoms with E-state index >= 15 is 4.39 Å². The highest BCUT2D eigenvalue weighted by atomic mass is 19.4. The lowest BCUT2D eigenvalue weighted by atomic mass is 9.74. The van der Waals surface area contributed by atoms with E-state index in [4.69, 9.17) is 4.74 Å². The molecule has 11 heteroatoms. The van der Waals surface area contributed by atoms with Gasteiger partial charge in [0.25, 0.3) is 5.91 Å². The first-order valence-corrected chi connectivity index (χ1v) is 13.0. The van der Waals surface area contributed by atoms with Crippen LogP contribution in [0.5, 0.6) is 0 Å². The Morgan fingerprint density at radius 2 is 1.95 bits per heavy atom. The van der Waals surface area contributed by atoms with Crippen molar-refractivity contribution >= 4 is 11.6 Å². The van der Waals surface area contributed by atoms with Crippen molar-refractivity contribution in [3.8, 4) is 0 Å². The van der Waals surface area contributed by atoms with Crippen LogP contribution in [0.4, 0.5) is 23.2 Å². The number of alkyl halides is 4. The van der Waals surface area contributed by atoms with Gasteiger partial charge in [0, 0.05) is 30.4 Å². The number of fused-ring (bicyclic) bond motifs is 1. The minimum Gasteiger partial charge on any atom is -0.379 e. The van der Waals surface area contributed by atoms with Gasteiger partial charge in [-0.05, 0) is 67.1 Å². The second-order valence-electron chi connectivity index (χ2n) is 11.2. The molecule has 3 heterocycles. The Kier molecular flexibility index (Phi) is 6.07. The normalized spacial score (nSPS) is 20.4. The molecule has 1 saturated heterocycles. The second kappa shape index (κ2) is 9.12. The predicted octanol–water partition coefficient (Wildman–Crippen LogP) is 5.01. The highest BCUT2D eigenvalue weighted by molar-refractivity contribution is 6.10. The lowest BCUT2D eigenvalue weighted by molar-refractivity contribution is -0.138. The molecule has 2 aliphatic heterocycles. The molecule has 3 aromatic rings. The summed E-state index contributed by atoms with van der Waals surface area (Å²) >= 11 is 0. The van der Waals surface area contributed by atoms with Crippen molar-refractivity contribution < 1.29 is 27.1 Å². The zero-order valence-electron chi connectivity index (χ0n) is 21.7. The standard InChI is InChI=1S/C28H29F4N5O2/c1-26(7-4-8-26)33-12-17-9-20-21(22(10-17)28(30,31)32)13-37(25(20)38)19-6-3-5-18(11-19)27(14-39-15-27)23(29)24-35-34-16-36(24)2/h3,5-6,9-11,16,23,33H,4,7-8,12-15H2,1-2H3/t23-/m0/s1. The van der Waals surface area contributed by atoms with Crippen LogP contribution in [0.25, 0.3) is 0 Å². The number of carbonyl (C=O) groups excluding carboxylic acids is 1. The fourth-order valence-corrected chi connectivity index (χ4v) is 5.76. The number of ether oxygens (including phenoxy) is 1. The number of anilines is 1. The Bertz CT molecular complexity index is 1430. The Hall–Kier alpha value is -3.31. The van der Waals surface area contributed by atoms with E-state index in [0.29, 0.717) is 16.8 Å². The maximum Gasteiger partial charge on any atom is 0.416 e. The minimum atomic E-state index is -4.61. The lowest BCUT2D eigenvalue weighted by Gasteiger charge is -2.43. The van der Waals surface area contributed by atoms with E-state index < -0.39 is 29.2 Å². The number of nitrogens with zero attached hydrogens (tertiary/aromatic N) is 4. The van der Waals surface area contributed by atoms with Crippen LogP contribution in [0.2, 0.25) is 0 Å². The molecule has 1 saturated carbocycles. The van der Waals surface area contributed by atoms with Crippen LogP contribution in [0.3, 0.4) is 0 Å². The molecular formula is C28H29F4N5O2. The summed E-state index contributed by atoms with van der Waals surface area (Å²) in [6, 6.07) is 9.47. The summed E-state index contributed by atoms with van der Waals surface area (Å²) in [4.78, 5) is 14.9. The molecular weight excluding hydrogens is 514 g/mol. The largest absolute Gasteiger partial charge is 0.416 e. The van der Waals surface area contributed by atoms with Gasteiger partial charge in [-0.25, -0.2) is 4.39 Å². The van der Waals surface area contributed by atoms with Gasteiger partial charge in [-0.1, -0.05) is 12.1 Å². The number of hydrogen-bond donors (Lipinski definition) is 1. The van der Waals surface area contributed by atoms with Crippen molar-refractivity contribution in [1.82, 2.24) is 20.1 Å². The smallest absolute Gasteiger partial charge is 0.379 e. The zero-order chi connectivity index (χ0) is 27.6. The minimum absolute atomic E-state index is 0.0411. The van der Waals surface area contributed by atoms with Crippen LogP contribution in [0.15, 0.2) is 42.7 Å². The van der Waals surface area contributed by atoms with Gasteiger partial charge in [0.05, 0.1) is 30.7 Å². The average Bonchev–Trinajstić information content (AvgIpc) is 3.43. The molecule has 0 radical (unpaired) electrons. The number of amides is 1. The fourth-order valence-electron chi connectivity index (χ4n) is 5.76. The molecule has 39 heavy (non-hydrogen) atoms. The van der Waals surface area contributed by atoms with Gasteiger partial charge < -0.3 is 19.5 Å². The van der Waals surface area contributed by atoms with E-state index in [-0.39, 0.29) is 48.8 Å². The van der Waals surface area contributed by atoms with Crippen molar-refractivity contribution in [2.45, 2.75) is 62.6 Å². The number of nitrogens with one attached hydrogen (secondary N) is 1. The molecule has 2 fully saturated rings. The number of benzene rings is 2. The van der Waals surface area contributed by atoms with Crippen LogP contribution < -0.4 is 10.2 Å². The van der Waals surface area contributed by atoms with Gasteiger partial charge in [-0.15, -0.1) is 10.2 Å². The van der Waals surface area contributed by atoms with E-state index in [1.54, 1.807) is 37.4 Å². The SMILES string of the molecule is Cn1cnnc1[C@H](F)C1(c2cccc(N3Cc4c(cc(CNC5(C)CCC5)cc4C(F)(F)F)C3=O)c2)COC1. The third-order valence-corrected chi connectivity index (χ3v) is 8.49. The molecule has 1 amide bonds. The van der Waals surface area contributed by atoms with Crippen LogP contribution in [0, 0.1) is 0 Å². The maximum absolute atomic E-state index is 15.8. The summed E-state index contributed by atoms with van der Waals surface area (Å²) in [5, 5.41) is 11.0. The number of halogens is 4. The molecule has 1 aromatic heterocycles. The van der Waals surface area contributed by atoms with Crippen LogP contribution in [-0.2, 0) is 36.5 Å². The molecule has 6 rings (SSSR count). The number of rotatable bonds is 7. The Labute approximate surface area is 223 Å². The van der Waals surface area contributed by atoms with Crippen LogP contribution in [-0.4, -0.2) is 39.4 Å². The molecule has 1 atom stereocenters. The van der Waals surface area contributed by atoms with E-state index in [0.717, 1.165) is 25.3 Å². The van der Waals surface area contributed by atoms with Crippen molar-refractivity contribution in [1.29, 1.82) is 0 Å². The number of aromatic nitrogens is 3. The Balaban J connectivity index is 1.32. The Morgan fingerprint density at radius 3 is 2.54 bits per heavy atom. The van der Waals surface area contributed by atoms with Crippen LogP contribution >= 0.6 is 0 Å². The molecule has 0 unspecified atom stereocenters. The fraction of sp³-hybridized carbons (Fsp3) is 0.464. The quantitative estimate of drug-likeness (QED) is 0.425. The van der Waals surface area contributed by atoms with Gasteiger partial charge >= 0.3 is 6.18 Å². The number of aryl methyl sites for hydroxylation is 1. The first-order valence-electron chi connectivity index (χ1n) is 13.0. The molecule has 0 bridgehead atoms. The maximum atomic E-state index is 15.8. The number of carbonyl (C=O) groups is 1. The highest BCUT2D eigenvalue weighted by Gasteiger charge is 2.51. The van der Waals surface area contributed by atoms with Crippen molar-refractivity contribution in [2.24, 2.45) is 7.05 Å². The summed E-state index contributed by atoms with van der Waals surface area (Å²) in [6.45, 7) is 2.29. The van der Waals surface area contributed by atoms with Crippen molar-refractivity contribution in [3.05, 3.63) is 76.4 Å². The summed E-state index contributed by atoms with van der Waals surface area (Å²) in [5.41, 5.74) is -0.505. The topological polar surface area (TPSA) is 72.3 Å². The monoisotopic (exact) mass is 543 g/mol. The van der Waals surface area contributed by atoms with Gasteiger partial charge in [0.2, 0.25) is 0 Å². The first-order chi connectivity index (χ1) is 18.5. The van der Waals surface area contributed by atoms with Crippen molar-refractivity contribution in [3.63, 3.8) is 0 Å². The first kappa shape index (κ1) is 25.9. The van der Waals surface area contributed by atoms with E-state index in [1.807, 2.05) is 0 Å². The molecule has 1 aliphatic carbocycles. The van der Waals surface area contributed by atoms with E-state index in [2.05, 4.69) is 22.4 Å². The highest BCUT2D eigenvalue weighted by Crippen LogP contribution is 2.47. The van der Waals surface area contributed by atoms with Crippen LogP contribution in [0.1, 0.15) is 70.8 Å².